The average Bonchev–Trinajstić information content (AvgIpc) is 2.36. The Balaban J connectivity index is 2.36. The predicted molar refractivity (Wildman–Crippen MR) is 82.6 cm³/mol. The summed E-state index contributed by atoms with van der Waals surface area (Å²) in [6, 6.07) is 4.65. The van der Waals surface area contributed by atoms with E-state index in [1.165, 1.54) is 25.5 Å². The standard InChI is InChI=1S/C15H21N3O3/c1-10-6-11(2)9-17(8-10)15-5-4-13(18(20)21)7-14(15)16-12(3)19/h4-5,7,10-11H,6,8-9H2,1-3H3,(H,16,19)/t10-,11-/m0/s1. The molecule has 0 aliphatic carbocycles. The van der Waals surface area contributed by atoms with Gasteiger partial charge in [0.05, 0.1) is 16.3 Å². The number of benzene rings is 1. The molecule has 1 saturated heterocycles. The van der Waals surface area contributed by atoms with E-state index in [9.17, 15) is 14.9 Å². The van der Waals surface area contributed by atoms with Gasteiger partial charge >= 0.3 is 0 Å². The van der Waals surface area contributed by atoms with Crippen LogP contribution in [-0.4, -0.2) is 23.9 Å². The van der Waals surface area contributed by atoms with E-state index in [1.54, 1.807) is 6.07 Å². The van der Waals surface area contributed by atoms with Gasteiger partial charge in [-0.2, -0.15) is 0 Å². The monoisotopic (exact) mass is 291 g/mol. The average molecular weight is 291 g/mol. The van der Waals surface area contributed by atoms with E-state index in [1.807, 2.05) is 0 Å². The van der Waals surface area contributed by atoms with Gasteiger partial charge in [0.25, 0.3) is 5.69 Å². The number of carbonyl (C=O) groups excluding carboxylic acids is 1. The van der Waals surface area contributed by atoms with Crippen molar-refractivity contribution in [1.29, 1.82) is 0 Å². The van der Waals surface area contributed by atoms with Gasteiger partial charge in [0.15, 0.2) is 0 Å². The molecule has 2 rings (SSSR count). The summed E-state index contributed by atoms with van der Waals surface area (Å²) in [5.41, 5.74) is 1.35. The maximum Gasteiger partial charge on any atom is 0.271 e. The SMILES string of the molecule is CC(=O)Nc1cc([N+](=O)[O-])ccc1N1C[C@@H](C)C[C@H](C)C1. The largest absolute Gasteiger partial charge is 0.369 e. The smallest absolute Gasteiger partial charge is 0.271 e. The van der Waals surface area contributed by atoms with Crippen LogP contribution in [0.2, 0.25) is 0 Å². The van der Waals surface area contributed by atoms with Gasteiger partial charge in [-0.1, -0.05) is 13.8 Å². The van der Waals surface area contributed by atoms with Crippen LogP contribution in [0.25, 0.3) is 0 Å². The van der Waals surface area contributed by atoms with E-state index in [0.717, 1.165) is 18.8 Å². The molecule has 1 aliphatic rings. The van der Waals surface area contributed by atoms with E-state index in [0.29, 0.717) is 17.5 Å². The lowest BCUT2D eigenvalue weighted by molar-refractivity contribution is -0.384. The lowest BCUT2D eigenvalue weighted by Crippen LogP contribution is -2.39. The van der Waals surface area contributed by atoms with Gasteiger partial charge in [-0.25, -0.2) is 0 Å². The number of nitro benzene ring substituents is 1. The van der Waals surface area contributed by atoms with Crippen LogP contribution in [-0.2, 0) is 4.79 Å². The van der Waals surface area contributed by atoms with Gasteiger partial charge in [-0.05, 0) is 24.3 Å². The molecule has 0 radical (unpaired) electrons. The van der Waals surface area contributed by atoms with Crippen LogP contribution in [0.1, 0.15) is 27.2 Å². The highest BCUT2D eigenvalue weighted by Crippen LogP contribution is 2.34. The number of piperidine rings is 1. The summed E-state index contributed by atoms with van der Waals surface area (Å²) >= 11 is 0. The van der Waals surface area contributed by atoms with Crippen molar-refractivity contribution in [2.45, 2.75) is 27.2 Å². The summed E-state index contributed by atoms with van der Waals surface area (Å²) in [6.07, 6.45) is 1.18. The number of non-ortho nitro benzene ring substituents is 1. The first-order valence-electron chi connectivity index (χ1n) is 7.17. The zero-order valence-electron chi connectivity index (χ0n) is 12.6. The zero-order valence-corrected chi connectivity index (χ0v) is 12.6. The third-order valence-electron chi connectivity index (χ3n) is 3.71. The van der Waals surface area contributed by atoms with Crippen molar-refractivity contribution < 1.29 is 9.72 Å². The third-order valence-corrected chi connectivity index (χ3v) is 3.71. The number of amides is 1. The molecule has 6 nitrogen and oxygen atoms in total. The van der Waals surface area contributed by atoms with Crippen LogP contribution in [0, 0.1) is 22.0 Å². The molecule has 0 bridgehead atoms. The second-order valence-electron chi connectivity index (χ2n) is 5.99. The minimum atomic E-state index is -0.448. The van der Waals surface area contributed by atoms with Crippen molar-refractivity contribution in [1.82, 2.24) is 0 Å². The Kier molecular flexibility index (Phi) is 4.45. The van der Waals surface area contributed by atoms with Gasteiger partial charge in [-0.15, -0.1) is 0 Å². The quantitative estimate of drug-likeness (QED) is 0.686. The van der Waals surface area contributed by atoms with Gasteiger partial charge in [0.2, 0.25) is 5.91 Å². The van der Waals surface area contributed by atoms with E-state index in [2.05, 4.69) is 24.1 Å². The van der Waals surface area contributed by atoms with Crippen LogP contribution in [0.5, 0.6) is 0 Å². The molecular formula is C15H21N3O3. The third kappa shape index (κ3) is 3.71. The van der Waals surface area contributed by atoms with Crippen LogP contribution in [0.4, 0.5) is 17.1 Å². The number of nitro groups is 1. The molecule has 1 heterocycles. The maximum atomic E-state index is 11.4. The second kappa shape index (κ2) is 6.11. The van der Waals surface area contributed by atoms with E-state index >= 15 is 0 Å². The number of hydrogen-bond donors (Lipinski definition) is 1. The van der Waals surface area contributed by atoms with Crippen molar-refractivity contribution >= 4 is 23.0 Å². The zero-order chi connectivity index (χ0) is 15.6. The molecule has 1 N–H and O–H groups in total. The molecule has 0 aromatic heterocycles. The number of nitrogens with zero attached hydrogens (tertiary/aromatic N) is 2. The fraction of sp³-hybridized carbons (Fsp3) is 0.533. The summed E-state index contributed by atoms with van der Waals surface area (Å²) in [6.45, 7) is 7.60. The normalized spacial score (nSPS) is 22.0. The molecule has 0 saturated carbocycles. The van der Waals surface area contributed by atoms with Crippen molar-refractivity contribution in [3.05, 3.63) is 28.3 Å². The van der Waals surface area contributed by atoms with E-state index in [4.69, 9.17) is 0 Å². The molecule has 1 fully saturated rings. The summed E-state index contributed by atoms with van der Waals surface area (Å²) in [4.78, 5) is 24.0. The molecule has 1 aromatic rings. The predicted octanol–water partition coefficient (Wildman–Crippen LogP) is 3.04. The van der Waals surface area contributed by atoms with Crippen molar-refractivity contribution in [2.24, 2.45) is 11.8 Å². The topological polar surface area (TPSA) is 75.5 Å². The van der Waals surface area contributed by atoms with Gasteiger partial charge in [-0.3, -0.25) is 14.9 Å². The Bertz CT molecular complexity index is 549. The Hall–Kier alpha value is -2.11. The summed E-state index contributed by atoms with van der Waals surface area (Å²) in [7, 11) is 0. The first kappa shape index (κ1) is 15.3. The molecule has 1 amide bonds. The molecular weight excluding hydrogens is 270 g/mol. The molecule has 0 spiro atoms. The highest BCUT2D eigenvalue weighted by molar-refractivity contribution is 5.93. The number of rotatable bonds is 3. The highest BCUT2D eigenvalue weighted by Gasteiger charge is 2.24. The highest BCUT2D eigenvalue weighted by atomic mass is 16.6. The van der Waals surface area contributed by atoms with Crippen LogP contribution >= 0.6 is 0 Å². The van der Waals surface area contributed by atoms with Crippen molar-refractivity contribution in [3.8, 4) is 0 Å². The number of hydrogen-bond acceptors (Lipinski definition) is 4. The minimum Gasteiger partial charge on any atom is -0.369 e. The van der Waals surface area contributed by atoms with Crippen LogP contribution < -0.4 is 10.2 Å². The van der Waals surface area contributed by atoms with Crippen LogP contribution in [0.3, 0.4) is 0 Å². The number of carbonyl (C=O) groups is 1. The molecule has 21 heavy (non-hydrogen) atoms. The second-order valence-corrected chi connectivity index (χ2v) is 5.99. The first-order valence-corrected chi connectivity index (χ1v) is 7.17. The maximum absolute atomic E-state index is 11.4. The Morgan fingerprint density at radius 2 is 1.95 bits per heavy atom. The Labute approximate surface area is 124 Å². The summed E-state index contributed by atoms with van der Waals surface area (Å²) in [5.74, 6) is 0.901. The van der Waals surface area contributed by atoms with E-state index < -0.39 is 4.92 Å². The van der Waals surface area contributed by atoms with Crippen molar-refractivity contribution in [3.63, 3.8) is 0 Å². The molecule has 0 unspecified atom stereocenters. The molecule has 6 heteroatoms. The molecule has 1 aromatic carbocycles. The fourth-order valence-corrected chi connectivity index (χ4v) is 3.06. The Morgan fingerprint density at radius 1 is 1.33 bits per heavy atom. The van der Waals surface area contributed by atoms with Crippen molar-refractivity contribution in [2.75, 3.05) is 23.3 Å². The lowest BCUT2D eigenvalue weighted by Gasteiger charge is -2.37. The molecule has 114 valence electrons. The van der Waals surface area contributed by atoms with Gasteiger partial charge in [0, 0.05) is 32.1 Å². The summed E-state index contributed by atoms with van der Waals surface area (Å²) < 4.78 is 0. The lowest BCUT2D eigenvalue weighted by atomic mass is 9.91. The minimum absolute atomic E-state index is 0.0133. The summed E-state index contributed by atoms with van der Waals surface area (Å²) in [5, 5.41) is 13.6. The molecule has 1 aliphatic heterocycles. The van der Waals surface area contributed by atoms with E-state index in [-0.39, 0.29) is 11.6 Å². The Morgan fingerprint density at radius 3 is 2.48 bits per heavy atom. The molecule has 2 atom stereocenters. The van der Waals surface area contributed by atoms with Gasteiger partial charge < -0.3 is 10.2 Å². The number of anilines is 2. The van der Waals surface area contributed by atoms with Crippen LogP contribution in [0.15, 0.2) is 18.2 Å². The first-order chi connectivity index (χ1) is 9.86. The number of nitrogens with one attached hydrogen (secondary N) is 1. The van der Waals surface area contributed by atoms with Gasteiger partial charge in [0.1, 0.15) is 0 Å². The fourth-order valence-electron chi connectivity index (χ4n) is 3.06.